The second-order valence-corrected chi connectivity index (χ2v) is 9.14. The van der Waals surface area contributed by atoms with Crippen molar-refractivity contribution < 1.29 is 22.6 Å². The van der Waals surface area contributed by atoms with Crippen LogP contribution in [0, 0.1) is 6.92 Å². The first kappa shape index (κ1) is 24.9. The van der Waals surface area contributed by atoms with Gasteiger partial charge in [0.05, 0.1) is 18.2 Å². The van der Waals surface area contributed by atoms with Gasteiger partial charge < -0.3 is 25.4 Å². The fourth-order valence-corrected chi connectivity index (χ4v) is 4.16. The number of benzene rings is 2. The quantitative estimate of drug-likeness (QED) is 0.371. The monoisotopic (exact) mass is 488 g/mol. The molecule has 3 N–H and O–H groups in total. The molecule has 0 amide bonds. The average Bonchev–Trinajstić information content (AvgIpc) is 3.63. The van der Waals surface area contributed by atoms with Gasteiger partial charge in [-0.3, -0.25) is 4.98 Å². The number of fused-ring (bicyclic) bond motifs is 1. The zero-order valence-corrected chi connectivity index (χ0v) is 20.4. The molecule has 4 rings (SSSR count). The molecule has 0 spiro atoms. The minimum atomic E-state index is -4.47. The summed E-state index contributed by atoms with van der Waals surface area (Å²) >= 11 is 0. The molecule has 1 heterocycles. The van der Waals surface area contributed by atoms with E-state index in [9.17, 15) is 13.2 Å². The van der Waals surface area contributed by atoms with Crippen LogP contribution in [-0.2, 0) is 6.18 Å². The summed E-state index contributed by atoms with van der Waals surface area (Å²) in [7, 11) is 3.68. The van der Waals surface area contributed by atoms with Gasteiger partial charge in [-0.25, -0.2) is 0 Å². The Morgan fingerprint density at radius 2 is 1.89 bits per heavy atom. The number of alkyl halides is 3. The molecule has 0 aliphatic heterocycles. The Kier molecular flexibility index (Phi) is 6.98. The van der Waals surface area contributed by atoms with E-state index in [0.29, 0.717) is 35.2 Å². The van der Waals surface area contributed by atoms with Gasteiger partial charge in [-0.15, -0.1) is 0 Å². The molecule has 1 unspecified atom stereocenters. The molecule has 1 aliphatic carbocycles. The smallest absolute Gasteiger partial charge is 0.416 e. The number of nitrogen functional groups attached to an aromatic ring is 1. The fourth-order valence-electron chi connectivity index (χ4n) is 4.16. The number of halogens is 3. The van der Waals surface area contributed by atoms with E-state index in [4.69, 9.17) is 15.2 Å². The number of hydrogen-bond acceptors (Lipinski definition) is 6. The van der Waals surface area contributed by atoms with Crippen LogP contribution in [0.4, 0.5) is 24.5 Å². The summed E-state index contributed by atoms with van der Waals surface area (Å²) in [4.78, 5) is 6.90. The first-order valence-corrected chi connectivity index (χ1v) is 11.6. The topological polar surface area (TPSA) is 72.6 Å². The molecule has 1 atom stereocenters. The van der Waals surface area contributed by atoms with Crippen LogP contribution in [0.5, 0.6) is 11.5 Å². The number of pyridine rings is 1. The van der Waals surface area contributed by atoms with E-state index in [2.05, 4.69) is 22.2 Å². The Morgan fingerprint density at radius 3 is 2.54 bits per heavy atom. The molecule has 0 radical (unpaired) electrons. The molecule has 0 bridgehead atoms. The Labute approximate surface area is 203 Å². The number of ether oxygens (including phenoxy) is 2. The van der Waals surface area contributed by atoms with Crippen LogP contribution in [0.3, 0.4) is 0 Å². The third-order valence-corrected chi connectivity index (χ3v) is 6.27. The predicted octanol–water partition coefficient (Wildman–Crippen LogP) is 5.80. The van der Waals surface area contributed by atoms with Crippen molar-refractivity contribution in [1.29, 1.82) is 0 Å². The van der Waals surface area contributed by atoms with Crippen molar-refractivity contribution in [3.63, 3.8) is 0 Å². The van der Waals surface area contributed by atoms with Gasteiger partial charge in [0.25, 0.3) is 0 Å². The minimum absolute atomic E-state index is 0.0656. The number of anilines is 2. The number of aromatic nitrogens is 1. The Hall–Kier alpha value is -3.20. The van der Waals surface area contributed by atoms with Crippen molar-refractivity contribution >= 4 is 22.3 Å². The van der Waals surface area contributed by atoms with Gasteiger partial charge in [0.2, 0.25) is 0 Å². The van der Waals surface area contributed by atoms with Gasteiger partial charge in [-0.2, -0.15) is 13.2 Å². The first-order valence-electron chi connectivity index (χ1n) is 11.6. The molecule has 2 aromatic carbocycles. The van der Waals surface area contributed by atoms with E-state index in [-0.39, 0.29) is 5.69 Å². The van der Waals surface area contributed by atoms with Crippen molar-refractivity contribution in [3.05, 3.63) is 53.2 Å². The summed E-state index contributed by atoms with van der Waals surface area (Å²) in [5.74, 6) is 1.17. The molecular weight excluding hydrogens is 457 g/mol. The number of nitrogens with zero attached hydrogens (tertiary/aromatic N) is 2. The number of hydrogen-bond donors (Lipinski definition) is 2. The highest BCUT2D eigenvalue weighted by Gasteiger charge is 2.31. The number of likely N-dealkylation sites (N-methyl/N-ethyl adjacent to an activating group) is 1. The van der Waals surface area contributed by atoms with Crippen molar-refractivity contribution in [2.75, 3.05) is 38.4 Å². The first-order chi connectivity index (χ1) is 16.5. The number of aryl methyl sites for hydroxylation is 1. The van der Waals surface area contributed by atoms with Crippen LogP contribution < -0.4 is 20.5 Å². The van der Waals surface area contributed by atoms with Gasteiger partial charge in [0, 0.05) is 47.1 Å². The van der Waals surface area contributed by atoms with Gasteiger partial charge in [-0.1, -0.05) is 0 Å². The molecule has 3 aromatic rings. The molecule has 0 saturated heterocycles. The molecule has 1 fully saturated rings. The summed E-state index contributed by atoms with van der Waals surface area (Å²) in [5.41, 5.74) is 7.70. The molecule has 6 nitrogen and oxygen atoms in total. The van der Waals surface area contributed by atoms with Crippen LogP contribution in [0.25, 0.3) is 10.9 Å². The van der Waals surface area contributed by atoms with Crippen LogP contribution in [0.2, 0.25) is 0 Å². The number of nitrogens with two attached hydrogens (primary N) is 1. The normalized spacial score (nSPS) is 14.9. The Morgan fingerprint density at radius 1 is 1.14 bits per heavy atom. The highest BCUT2D eigenvalue weighted by atomic mass is 19.4. The van der Waals surface area contributed by atoms with Gasteiger partial charge in [0.1, 0.15) is 6.61 Å². The van der Waals surface area contributed by atoms with Crippen LogP contribution in [-0.4, -0.2) is 43.2 Å². The molecule has 35 heavy (non-hydrogen) atoms. The highest BCUT2D eigenvalue weighted by molar-refractivity contribution is 5.94. The lowest BCUT2D eigenvalue weighted by molar-refractivity contribution is -0.137. The summed E-state index contributed by atoms with van der Waals surface area (Å²) in [6.45, 7) is 4.97. The SMILES string of the molecule is COc1cc2nc(C)cc(NC(C)c3cc(N)cc(C(F)(F)F)c3)c2cc1OCCN(C)C1CC1. The minimum Gasteiger partial charge on any atom is -0.493 e. The van der Waals surface area contributed by atoms with E-state index >= 15 is 0 Å². The molecule has 1 aliphatic rings. The van der Waals surface area contributed by atoms with Crippen LogP contribution in [0.1, 0.15) is 42.6 Å². The third-order valence-electron chi connectivity index (χ3n) is 6.27. The van der Waals surface area contributed by atoms with Crippen molar-refractivity contribution in [2.24, 2.45) is 0 Å². The Balaban J connectivity index is 1.63. The summed E-state index contributed by atoms with van der Waals surface area (Å²) in [6, 6.07) is 9.38. The van der Waals surface area contributed by atoms with Crippen molar-refractivity contribution in [1.82, 2.24) is 9.88 Å². The average molecular weight is 489 g/mol. The summed E-state index contributed by atoms with van der Waals surface area (Å²) < 4.78 is 51.5. The number of methoxy groups -OCH3 is 1. The maximum absolute atomic E-state index is 13.3. The van der Waals surface area contributed by atoms with Crippen LogP contribution >= 0.6 is 0 Å². The molecule has 1 saturated carbocycles. The van der Waals surface area contributed by atoms with Gasteiger partial charge in [0.15, 0.2) is 11.5 Å². The van der Waals surface area contributed by atoms with Crippen molar-refractivity contribution in [3.8, 4) is 11.5 Å². The number of rotatable bonds is 9. The van der Waals surface area contributed by atoms with Crippen LogP contribution in [0.15, 0.2) is 36.4 Å². The standard InChI is InChI=1S/C26H31F3N4O2/c1-15-9-22(32-16(2)17-10-18(26(27,28)29)12-19(30)11-17)21-13-25(24(34-4)14-23(21)31-15)35-8-7-33(3)20-5-6-20/h9-14,16,20H,5-8,30H2,1-4H3,(H,31,32). The zero-order chi connectivity index (χ0) is 25.3. The number of nitrogens with one attached hydrogen (secondary N) is 1. The third kappa shape index (κ3) is 5.90. The van der Waals surface area contributed by atoms with Crippen molar-refractivity contribution in [2.45, 2.75) is 44.9 Å². The van der Waals surface area contributed by atoms with E-state index < -0.39 is 17.8 Å². The molecule has 188 valence electrons. The predicted molar refractivity (Wildman–Crippen MR) is 132 cm³/mol. The maximum atomic E-state index is 13.3. The molecule has 9 heteroatoms. The lowest BCUT2D eigenvalue weighted by atomic mass is 10.0. The molecular formula is C26H31F3N4O2. The lowest BCUT2D eigenvalue weighted by Gasteiger charge is -2.21. The summed E-state index contributed by atoms with van der Waals surface area (Å²) in [6.07, 6.45) is -2.02. The van der Waals surface area contributed by atoms with Gasteiger partial charge >= 0.3 is 6.18 Å². The lowest BCUT2D eigenvalue weighted by Crippen LogP contribution is -2.26. The Bertz CT molecular complexity index is 1210. The van der Waals surface area contributed by atoms with E-state index in [1.54, 1.807) is 20.1 Å². The molecule has 1 aromatic heterocycles. The van der Waals surface area contributed by atoms with Gasteiger partial charge in [-0.05, 0) is 69.6 Å². The highest BCUT2D eigenvalue weighted by Crippen LogP contribution is 2.38. The van der Waals surface area contributed by atoms with E-state index in [1.807, 2.05) is 25.1 Å². The van der Waals surface area contributed by atoms with E-state index in [1.165, 1.54) is 12.8 Å². The zero-order valence-electron chi connectivity index (χ0n) is 20.4. The second kappa shape index (κ2) is 9.81. The summed E-state index contributed by atoms with van der Waals surface area (Å²) in [5, 5.41) is 4.13. The second-order valence-electron chi connectivity index (χ2n) is 9.14. The largest absolute Gasteiger partial charge is 0.493 e. The fraction of sp³-hybridized carbons (Fsp3) is 0.423. The maximum Gasteiger partial charge on any atom is 0.416 e. The van der Waals surface area contributed by atoms with E-state index in [0.717, 1.165) is 35.4 Å².